The predicted octanol–water partition coefficient (Wildman–Crippen LogP) is 3.70. The molecule has 3 heterocycles. The number of phenols is 1. The molecule has 2 aliphatic heterocycles. The lowest BCUT2D eigenvalue weighted by molar-refractivity contribution is -0.00173. The van der Waals surface area contributed by atoms with Crippen LogP contribution >= 0.6 is 0 Å². The number of fused-ring (bicyclic) bond motifs is 4. The summed E-state index contributed by atoms with van der Waals surface area (Å²) in [6.45, 7) is 0.968. The Balaban J connectivity index is 0.00000218. The molecule has 0 bridgehead atoms. The van der Waals surface area contributed by atoms with Crippen molar-refractivity contribution < 1.29 is 20.5 Å². The van der Waals surface area contributed by atoms with Crippen molar-refractivity contribution in [3.05, 3.63) is 65.6 Å². The maximum absolute atomic E-state index is 13.7. The SMILES string of the molecule is Cn1ncc2c1-c1ccccc1OC21CCN(C(=O)c2ccc(O)c(F)c2)CC1.[HH]. The van der Waals surface area contributed by atoms with Crippen LogP contribution in [-0.4, -0.2) is 38.8 Å². The number of ether oxygens (including phenoxy) is 1. The number of phenolic OH excluding ortho intramolecular Hbond substituents is 1. The number of nitrogens with zero attached hydrogens (tertiary/aromatic N) is 3. The first-order chi connectivity index (χ1) is 14.0. The molecule has 3 aromatic rings. The Labute approximate surface area is 168 Å². The van der Waals surface area contributed by atoms with Gasteiger partial charge in [0.2, 0.25) is 0 Å². The fourth-order valence-corrected chi connectivity index (χ4v) is 4.37. The van der Waals surface area contributed by atoms with Crippen molar-refractivity contribution in [1.82, 2.24) is 14.7 Å². The lowest BCUT2D eigenvalue weighted by atomic mass is 9.81. The molecule has 1 amide bonds. The van der Waals surface area contributed by atoms with Crippen molar-refractivity contribution in [1.29, 1.82) is 0 Å². The van der Waals surface area contributed by atoms with E-state index in [1.54, 1.807) is 4.90 Å². The number of hydrogen-bond acceptors (Lipinski definition) is 4. The van der Waals surface area contributed by atoms with Crippen LogP contribution in [0.25, 0.3) is 11.3 Å². The number of amides is 1. The molecular weight excluding hydrogens is 373 g/mol. The molecule has 1 N–H and O–H groups in total. The first-order valence-electron chi connectivity index (χ1n) is 9.57. The number of aromatic hydroxyl groups is 1. The van der Waals surface area contributed by atoms with Gasteiger partial charge in [0.1, 0.15) is 11.4 Å². The summed E-state index contributed by atoms with van der Waals surface area (Å²) in [4.78, 5) is 14.5. The Morgan fingerprint density at radius 1 is 1.24 bits per heavy atom. The summed E-state index contributed by atoms with van der Waals surface area (Å²) in [6, 6.07) is 11.6. The number of benzene rings is 2. The van der Waals surface area contributed by atoms with Crippen molar-refractivity contribution in [2.24, 2.45) is 7.05 Å². The zero-order chi connectivity index (χ0) is 20.2. The first-order valence-corrected chi connectivity index (χ1v) is 9.57. The van der Waals surface area contributed by atoms with Crippen LogP contribution in [0.3, 0.4) is 0 Å². The van der Waals surface area contributed by atoms with Gasteiger partial charge >= 0.3 is 0 Å². The van der Waals surface area contributed by atoms with E-state index in [1.807, 2.05) is 42.2 Å². The van der Waals surface area contributed by atoms with Gasteiger partial charge in [0, 0.05) is 51.1 Å². The monoisotopic (exact) mass is 395 g/mol. The number of rotatable bonds is 1. The molecule has 7 heteroatoms. The van der Waals surface area contributed by atoms with E-state index in [-0.39, 0.29) is 12.9 Å². The molecule has 0 aliphatic carbocycles. The number of carbonyl (C=O) groups is 1. The van der Waals surface area contributed by atoms with E-state index < -0.39 is 17.2 Å². The van der Waals surface area contributed by atoms with Crippen molar-refractivity contribution in [2.45, 2.75) is 18.4 Å². The highest BCUT2D eigenvalue weighted by Gasteiger charge is 2.45. The van der Waals surface area contributed by atoms with E-state index >= 15 is 0 Å². The van der Waals surface area contributed by atoms with Crippen LogP contribution < -0.4 is 4.74 Å². The molecule has 29 heavy (non-hydrogen) atoms. The zero-order valence-electron chi connectivity index (χ0n) is 15.9. The van der Waals surface area contributed by atoms with Crippen molar-refractivity contribution in [2.75, 3.05) is 13.1 Å². The van der Waals surface area contributed by atoms with Crippen LogP contribution in [0.2, 0.25) is 0 Å². The molecule has 150 valence electrons. The molecule has 2 aromatic carbocycles. The smallest absolute Gasteiger partial charge is 0.253 e. The minimum atomic E-state index is -0.795. The maximum Gasteiger partial charge on any atom is 0.253 e. The number of carbonyl (C=O) groups excluding carboxylic acids is 1. The normalized spacial score (nSPS) is 16.8. The topological polar surface area (TPSA) is 67.6 Å². The third-order valence-corrected chi connectivity index (χ3v) is 5.93. The van der Waals surface area contributed by atoms with Gasteiger partial charge in [0.15, 0.2) is 11.6 Å². The largest absolute Gasteiger partial charge is 0.505 e. The summed E-state index contributed by atoms with van der Waals surface area (Å²) >= 11 is 0. The number of piperidine rings is 1. The Morgan fingerprint density at radius 3 is 2.76 bits per heavy atom. The average molecular weight is 395 g/mol. The van der Waals surface area contributed by atoms with Gasteiger partial charge in [-0.05, 0) is 30.3 Å². The maximum atomic E-state index is 13.7. The van der Waals surface area contributed by atoms with E-state index in [1.165, 1.54) is 12.1 Å². The minimum absolute atomic E-state index is 0. The first kappa shape index (κ1) is 17.7. The quantitative estimate of drug-likeness (QED) is 0.682. The van der Waals surface area contributed by atoms with Crippen LogP contribution in [-0.2, 0) is 12.6 Å². The van der Waals surface area contributed by atoms with Crippen LogP contribution in [0.15, 0.2) is 48.7 Å². The highest BCUT2D eigenvalue weighted by atomic mass is 19.1. The molecule has 0 radical (unpaired) electrons. The summed E-state index contributed by atoms with van der Waals surface area (Å²) in [6.07, 6.45) is 3.09. The number of aryl methyl sites for hydroxylation is 1. The molecule has 0 saturated carbocycles. The molecule has 1 fully saturated rings. The fourth-order valence-electron chi connectivity index (χ4n) is 4.37. The van der Waals surface area contributed by atoms with Crippen LogP contribution in [0.1, 0.15) is 30.2 Å². The summed E-state index contributed by atoms with van der Waals surface area (Å²) in [5, 5.41) is 13.8. The molecule has 6 nitrogen and oxygen atoms in total. The second-order valence-electron chi connectivity index (χ2n) is 7.58. The van der Waals surface area contributed by atoms with Crippen molar-refractivity contribution in [3.63, 3.8) is 0 Å². The lowest BCUT2D eigenvalue weighted by Gasteiger charge is -2.44. The molecule has 5 rings (SSSR count). The minimum Gasteiger partial charge on any atom is -0.505 e. The number of aromatic nitrogens is 2. The summed E-state index contributed by atoms with van der Waals surface area (Å²) in [5.41, 5.74) is 2.81. The standard InChI is InChI=1S/C22H20FN3O3.H2/c1-25-20-15-4-2-3-5-19(15)29-22(16(20)13-24-25)8-10-26(11-9-22)21(28)14-6-7-18(27)17(23)12-14;/h2-7,12-13,27H,8-11H2,1H3;1H. The summed E-state index contributed by atoms with van der Waals surface area (Å²) < 4.78 is 22.0. The van der Waals surface area contributed by atoms with E-state index in [0.717, 1.165) is 28.6 Å². The van der Waals surface area contributed by atoms with Gasteiger partial charge < -0.3 is 14.7 Å². The van der Waals surface area contributed by atoms with E-state index in [0.29, 0.717) is 25.9 Å². The van der Waals surface area contributed by atoms with Crippen LogP contribution in [0.4, 0.5) is 4.39 Å². The predicted molar refractivity (Wildman–Crippen MR) is 106 cm³/mol. The van der Waals surface area contributed by atoms with Gasteiger partial charge in [-0.15, -0.1) is 0 Å². The molecule has 0 unspecified atom stereocenters. The third kappa shape index (κ3) is 2.68. The number of hydrogen-bond donors (Lipinski definition) is 1. The summed E-state index contributed by atoms with van der Waals surface area (Å²) in [7, 11) is 1.92. The highest BCUT2D eigenvalue weighted by molar-refractivity contribution is 5.94. The van der Waals surface area contributed by atoms with E-state index in [2.05, 4.69) is 5.10 Å². The fraction of sp³-hybridized carbons (Fsp3) is 0.273. The van der Waals surface area contributed by atoms with Crippen molar-refractivity contribution in [3.8, 4) is 22.8 Å². The Hall–Kier alpha value is -3.35. The van der Waals surface area contributed by atoms with Gasteiger partial charge in [-0.2, -0.15) is 5.10 Å². The van der Waals surface area contributed by atoms with Gasteiger partial charge in [-0.3, -0.25) is 9.48 Å². The van der Waals surface area contributed by atoms with Gasteiger partial charge in [-0.25, -0.2) is 4.39 Å². The van der Waals surface area contributed by atoms with Gasteiger partial charge in [-0.1, -0.05) is 12.1 Å². The molecule has 2 aliphatic rings. The highest BCUT2D eigenvalue weighted by Crippen LogP contribution is 2.49. The Kier molecular flexibility index (Phi) is 3.87. The van der Waals surface area contributed by atoms with Gasteiger partial charge in [0.05, 0.1) is 11.9 Å². The Bertz CT molecular complexity index is 1120. The number of likely N-dealkylation sites (tertiary alicyclic amines) is 1. The second kappa shape index (κ2) is 6.34. The molecule has 0 atom stereocenters. The van der Waals surface area contributed by atoms with Crippen LogP contribution in [0.5, 0.6) is 11.5 Å². The number of para-hydroxylation sites is 1. The zero-order valence-corrected chi connectivity index (χ0v) is 15.9. The van der Waals surface area contributed by atoms with Gasteiger partial charge in [0.25, 0.3) is 5.91 Å². The summed E-state index contributed by atoms with van der Waals surface area (Å²) in [5.74, 6) is -0.681. The second-order valence-corrected chi connectivity index (χ2v) is 7.58. The average Bonchev–Trinajstić information content (AvgIpc) is 3.13. The van der Waals surface area contributed by atoms with Crippen LogP contribution in [0, 0.1) is 5.82 Å². The lowest BCUT2D eigenvalue weighted by Crippen LogP contribution is -2.49. The van der Waals surface area contributed by atoms with Crippen molar-refractivity contribution >= 4 is 5.91 Å². The molecule has 1 spiro atoms. The molecular formula is C22H22FN3O3. The van der Waals surface area contributed by atoms with E-state index in [4.69, 9.17) is 4.74 Å². The number of halogens is 1. The molecule has 1 aromatic heterocycles. The van der Waals surface area contributed by atoms with E-state index in [9.17, 15) is 14.3 Å². The Morgan fingerprint density at radius 2 is 2.00 bits per heavy atom. The molecule has 1 saturated heterocycles. The third-order valence-electron chi connectivity index (χ3n) is 5.93.